The van der Waals surface area contributed by atoms with Crippen LogP contribution in [0.25, 0.3) is 0 Å². The van der Waals surface area contributed by atoms with Crippen LogP contribution < -0.4 is 11.1 Å². The van der Waals surface area contributed by atoms with Crippen molar-refractivity contribution in [2.24, 2.45) is 5.73 Å². The first kappa shape index (κ1) is 19.6. The first-order valence-corrected chi connectivity index (χ1v) is 11.0. The molecular weight excluding hydrogens is 414 g/mol. The lowest BCUT2D eigenvalue weighted by atomic mass is 9.93. The number of furan rings is 1. The highest BCUT2D eigenvalue weighted by Crippen LogP contribution is 2.39. The molecule has 1 unspecified atom stereocenters. The Kier molecular flexibility index (Phi) is 4.86. The predicted molar refractivity (Wildman–Crippen MR) is 116 cm³/mol. The van der Waals surface area contributed by atoms with Crippen LogP contribution in [-0.2, 0) is 30.6 Å². The summed E-state index contributed by atoms with van der Waals surface area (Å²) < 4.78 is 5.29. The van der Waals surface area contributed by atoms with E-state index in [1.54, 1.807) is 12.1 Å². The maximum Gasteiger partial charge on any atom is 0.290 e. The second-order valence-corrected chi connectivity index (χ2v) is 8.92. The molecule has 3 amide bonds. The summed E-state index contributed by atoms with van der Waals surface area (Å²) in [6, 6.07) is 10.3. The van der Waals surface area contributed by atoms with Gasteiger partial charge < -0.3 is 20.4 Å². The fourth-order valence-electron chi connectivity index (χ4n) is 4.46. The molecule has 3 N–H and O–H groups in total. The number of carbonyl (C=O) groups excluding carboxylic acids is 3. The number of hydrogen-bond donors (Lipinski definition) is 2. The maximum atomic E-state index is 13.4. The highest BCUT2D eigenvalue weighted by atomic mass is 32.1. The van der Waals surface area contributed by atoms with E-state index in [1.165, 1.54) is 22.5 Å². The standard InChI is InChI=1S/C23H21N3O4S/c24-20(27)19-15-7-3-9-18(15)31-22(19)25-21(28)16-11-13-5-1-2-6-14(13)12-26(16)23(29)17-8-4-10-30-17/h1-2,4-6,8,10,16H,3,7,9,11-12H2,(H2,24,27)(H,25,28). The number of nitrogens with two attached hydrogens (primary N) is 1. The normalized spacial score (nSPS) is 17.2. The average Bonchev–Trinajstić information content (AvgIpc) is 3.49. The molecule has 0 bridgehead atoms. The second kappa shape index (κ2) is 7.70. The number of primary amides is 1. The van der Waals surface area contributed by atoms with Crippen LogP contribution in [0.4, 0.5) is 5.00 Å². The van der Waals surface area contributed by atoms with Crippen LogP contribution in [0.2, 0.25) is 0 Å². The number of fused-ring (bicyclic) bond motifs is 2. The van der Waals surface area contributed by atoms with Gasteiger partial charge in [-0.25, -0.2) is 0 Å². The van der Waals surface area contributed by atoms with E-state index in [-0.39, 0.29) is 17.6 Å². The van der Waals surface area contributed by atoms with E-state index < -0.39 is 11.9 Å². The van der Waals surface area contributed by atoms with Crippen molar-refractivity contribution in [1.82, 2.24) is 4.90 Å². The summed E-state index contributed by atoms with van der Waals surface area (Å²) in [6.07, 6.45) is 4.48. The first-order valence-electron chi connectivity index (χ1n) is 10.2. The van der Waals surface area contributed by atoms with Crippen molar-refractivity contribution in [2.45, 2.75) is 38.3 Å². The number of nitrogens with zero attached hydrogens (tertiary/aromatic N) is 1. The zero-order chi connectivity index (χ0) is 21.5. The number of anilines is 1. The van der Waals surface area contributed by atoms with Crippen molar-refractivity contribution < 1.29 is 18.8 Å². The smallest absolute Gasteiger partial charge is 0.290 e. The Bertz CT molecular complexity index is 1180. The lowest BCUT2D eigenvalue weighted by Gasteiger charge is -2.35. The Hall–Kier alpha value is -3.39. The molecule has 2 aromatic heterocycles. The van der Waals surface area contributed by atoms with Gasteiger partial charge in [-0.2, -0.15) is 0 Å². The molecule has 0 saturated heterocycles. The topological polar surface area (TPSA) is 106 Å². The lowest BCUT2D eigenvalue weighted by molar-refractivity contribution is -0.121. The minimum absolute atomic E-state index is 0.185. The van der Waals surface area contributed by atoms with Gasteiger partial charge in [0, 0.05) is 17.8 Å². The third-order valence-electron chi connectivity index (χ3n) is 5.95. The van der Waals surface area contributed by atoms with Crippen LogP contribution in [0.15, 0.2) is 47.1 Å². The van der Waals surface area contributed by atoms with Crippen LogP contribution in [0.1, 0.15) is 48.9 Å². The SMILES string of the molecule is NC(=O)c1c(NC(=O)C2Cc3ccccc3CN2C(=O)c2ccco2)sc2c1CCC2. The molecule has 0 spiro atoms. The molecule has 1 aliphatic heterocycles. The minimum atomic E-state index is -0.731. The van der Waals surface area contributed by atoms with Crippen LogP contribution in [0.3, 0.4) is 0 Å². The summed E-state index contributed by atoms with van der Waals surface area (Å²) in [6.45, 7) is 0.303. The fraction of sp³-hybridized carbons (Fsp3) is 0.261. The van der Waals surface area contributed by atoms with Crippen molar-refractivity contribution in [1.29, 1.82) is 0 Å². The molecule has 3 aromatic rings. The van der Waals surface area contributed by atoms with E-state index >= 15 is 0 Å². The monoisotopic (exact) mass is 435 g/mol. The van der Waals surface area contributed by atoms with E-state index in [1.807, 2.05) is 24.3 Å². The Labute approximate surface area is 182 Å². The van der Waals surface area contributed by atoms with Gasteiger partial charge in [0.2, 0.25) is 5.91 Å². The van der Waals surface area contributed by atoms with Crippen molar-refractivity contribution >= 4 is 34.1 Å². The molecule has 0 fully saturated rings. The van der Waals surface area contributed by atoms with Crippen LogP contribution in [-0.4, -0.2) is 28.7 Å². The Morgan fingerprint density at radius 2 is 1.90 bits per heavy atom. The van der Waals surface area contributed by atoms with E-state index in [2.05, 4.69) is 5.32 Å². The Balaban J connectivity index is 1.47. The van der Waals surface area contributed by atoms with E-state index in [9.17, 15) is 14.4 Å². The molecule has 8 heteroatoms. The molecular formula is C23H21N3O4S. The first-order chi connectivity index (χ1) is 15.0. The quantitative estimate of drug-likeness (QED) is 0.657. The summed E-state index contributed by atoms with van der Waals surface area (Å²) in [4.78, 5) is 41.2. The second-order valence-electron chi connectivity index (χ2n) is 7.81. The molecule has 1 atom stereocenters. The summed E-state index contributed by atoms with van der Waals surface area (Å²) in [5.74, 6) is -1.03. The summed E-state index contributed by atoms with van der Waals surface area (Å²) in [5, 5.41) is 3.38. The molecule has 1 aromatic carbocycles. The summed E-state index contributed by atoms with van der Waals surface area (Å²) in [5.41, 5.74) is 9.01. The van der Waals surface area contributed by atoms with Crippen molar-refractivity contribution in [3.8, 4) is 0 Å². The third kappa shape index (κ3) is 3.42. The largest absolute Gasteiger partial charge is 0.459 e. The van der Waals surface area contributed by atoms with Crippen molar-refractivity contribution in [2.75, 3.05) is 5.32 Å². The average molecular weight is 436 g/mol. The molecule has 5 rings (SSSR count). The molecule has 0 radical (unpaired) electrons. The summed E-state index contributed by atoms with van der Waals surface area (Å²) >= 11 is 1.41. The highest BCUT2D eigenvalue weighted by molar-refractivity contribution is 7.17. The Morgan fingerprint density at radius 1 is 1.10 bits per heavy atom. The number of hydrogen-bond acceptors (Lipinski definition) is 5. The number of nitrogens with one attached hydrogen (secondary N) is 1. The lowest BCUT2D eigenvalue weighted by Crippen LogP contribution is -2.50. The van der Waals surface area contributed by atoms with E-state index in [0.29, 0.717) is 23.5 Å². The summed E-state index contributed by atoms with van der Waals surface area (Å²) in [7, 11) is 0. The molecule has 158 valence electrons. The number of benzene rings is 1. The zero-order valence-corrected chi connectivity index (χ0v) is 17.5. The zero-order valence-electron chi connectivity index (χ0n) is 16.7. The van der Waals surface area contributed by atoms with Gasteiger partial charge in [-0.05, 0) is 48.1 Å². The molecule has 31 heavy (non-hydrogen) atoms. The number of thiophene rings is 1. The third-order valence-corrected chi connectivity index (χ3v) is 7.16. The van der Waals surface area contributed by atoms with Crippen molar-refractivity contribution in [3.63, 3.8) is 0 Å². The van der Waals surface area contributed by atoms with Gasteiger partial charge in [-0.1, -0.05) is 24.3 Å². The predicted octanol–water partition coefficient (Wildman–Crippen LogP) is 3.13. The number of aryl methyl sites for hydroxylation is 1. The van der Waals surface area contributed by atoms with Crippen LogP contribution >= 0.6 is 11.3 Å². The van der Waals surface area contributed by atoms with E-state index in [0.717, 1.165) is 40.8 Å². The van der Waals surface area contributed by atoms with Crippen LogP contribution in [0, 0.1) is 0 Å². The van der Waals surface area contributed by atoms with Gasteiger partial charge in [0.15, 0.2) is 5.76 Å². The van der Waals surface area contributed by atoms with Gasteiger partial charge in [0.1, 0.15) is 11.0 Å². The fourth-order valence-corrected chi connectivity index (χ4v) is 5.76. The number of carbonyl (C=O) groups is 3. The van der Waals surface area contributed by atoms with E-state index in [4.69, 9.17) is 10.2 Å². The van der Waals surface area contributed by atoms with Gasteiger partial charge in [0.25, 0.3) is 11.8 Å². The van der Waals surface area contributed by atoms with Crippen molar-refractivity contribution in [3.05, 3.63) is 75.6 Å². The highest BCUT2D eigenvalue weighted by Gasteiger charge is 2.37. The molecule has 3 heterocycles. The van der Waals surface area contributed by atoms with Gasteiger partial charge in [0.05, 0.1) is 11.8 Å². The minimum Gasteiger partial charge on any atom is -0.459 e. The molecule has 7 nitrogen and oxygen atoms in total. The van der Waals surface area contributed by atoms with Gasteiger partial charge in [-0.3, -0.25) is 14.4 Å². The number of rotatable bonds is 4. The molecule has 0 saturated carbocycles. The Morgan fingerprint density at radius 3 is 2.65 bits per heavy atom. The maximum absolute atomic E-state index is 13.4. The molecule has 1 aliphatic carbocycles. The van der Waals surface area contributed by atoms with Gasteiger partial charge in [-0.15, -0.1) is 11.3 Å². The molecule has 2 aliphatic rings. The number of amides is 3. The van der Waals surface area contributed by atoms with Crippen LogP contribution in [0.5, 0.6) is 0 Å². The van der Waals surface area contributed by atoms with Gasteiger partial charge >= 0.3 is 0 Å².